The van der Waals surface area contributed by atoms with Gasteiger partial charge in [0, 0.05) is 11.8 Å². The molecular formula is C18H22N4O4. The number of rotatable bonds is 8. The Kier molecular flexibility index (Phi) is 6.67. The van der Waals surface area contributed by atoms with E-state index in [1.165, 1.54) is 0 Å². The van der Waals surface area contributed by atoms with Crippen LogP contribution in [-0.4, -0.2) is 32.7 Å². The second-order valence-corrected chi connectivity index (χ2v) is 5.30. The van der Waals surface area contributed by atoms with Gasteiger partial charge in [0.2, 0.25) is 0 Å². The molecule has 0 saturated carbocycles. The molecule has 0 aliphatic heterocycles. The number of carbonyl (C=O) groups excluding carboxylic acids is 1. The summed E-state index contributed by atoms with van der Waals surface area (Å²) in [6.07, 6.45) is 0. The van der Waals surface area contributed by atoms with Gasteiger partial charge in [-0.3, -0.25) is 4.79 Å². The lowest BCUT2D eigenvalue weighted by atomic mass is 10.2. The summed E-state index contributed by atoms with van der Waals surface area (Å²) in [6.45, 7) is 0.176. The molecule has 0 atom stereocenters. The molecule has 2 aromatic rings. The van der Waals surface area contributed by atoms with Crippen molar-refractivity contribution in [1.29, 1.82) is 0 Å². The van der Waals surface area contributed by atoms with Crippen LogP contribution in [0.1, 0.15) is 5.56 Å². The average molecular weight is 358 g/mol. The summed E-state index contributed by atoms with van der Waals surface area (Å²) in [5, 5.41) is 2.99. The summed E-state index contributed by atoms with van der Waals surface area (Å²) in [5.74, 6) is 1.48. The van der Waals surface area contributed by atoms with Gasteiger partial charge in [0.05, 0.1) is 20.8 Å². The van der Waals surface area contributed by atoms with Gasteiger partial charge in [0.15, 0.2) is 24.1 Å². The number of benzene rings is 2. The highest BCUT2D eigenvalue weighted by molar-refractivity contribution is 5.92. The molecule has 0 fully saturated rings. The summed E-state index contributed by atoms with van der Waals surface area (Å²) < 4.78 is 15.7. The number of aliphatic imine (C=N–C) groups is 1. The van der Waals surface area contributed by atoms with E-state index in [1.807, 2.05) is 12.1 Å². The molecule has 0 aliphatic rings. The fraction of sp³-hybridized carbons (Fsp3) is 0.222. The van der Waals surface area contributed by atoms with E-state index in [4.69, 9.17) is 25.7 Å². The molecule has 0 heterocycles. The number of nitrogens with zero attached hydrogens (tertiary/aromatic N) is 1. The van der Waals surface area contributed by atoms with Crippen molar-refractivity contribution in [3.8, 4) is 17.2 Å². The van der Waals surface area contributed by atoms with Crippen LogP contribution in [0.4, 0.5) is 5.69 Å². The molecule has 0 saturated heterocycles. The number of carbonyl (C=O) groups is 1. The lowest BCUT2D eigenvalue weighted by Crippen LogP contribution is -2.22. The number of methoxy groups -OCH3 is 2. The Hall–Kier alpha value is -3.42. The van der Waals surface area contributed by atoms with Crippen molar-refractivity contribution < 1.29 is 19.0 Å². The monoisotopic (exact) mass is 358 g/mol. The molecule has 2 rings (SSSR count). The number of anilines is 1. The number of hydrogen-bond donors (Lipinski definition) is 3. The Morgan fingerprint density at radius 2 is 1.85 bits per heavy atom. The van der Waals surface area contributed by atoms with E-state index in [-0.39, 0.29) is 12.6 Å². The Morgan fingerprint density at radius 1 is 1.08 bits per heavy atom. The number of primary amides is 1. The van der Waals surface area contributed by atoms with Gasteiger partial charge in [0.1, 0.15) is 5.75 Å². The SMILES string of the molecule is COc1ccc(NC(N)=NCc2cccc(OCC(N)=O)c2)cc1OC. The van der Waals surface area contributed by atoms with Crippen molar-refractivity contribution in [1.82, 2.24) is 0 Å². The number of hydrogen-bond acceptors (Lipinski definition) is 5. The summed E-state index contributed by atoms with van der Waals surface area (Å²) >= 11 is 0. The Labute approximate surface area is 151 Å². The highest BCUT2D eigenvalue weighted by Crippen LogP contribution is 2.29. The van der Waals surface area contributed by atoms with E-state index in [2.05, 4.69) is 10.3 Å². The van der Waals surface area contributed by atoms with Gasteiger partial charge in [-0.25, -0.2) is 4.99 Å². The van der Waals surface area contributed by atoms with Crippen LogP contribution in [0.25, 0.3) is 0 Å². The minimum absolute atomic E-state index is 0.171. The van der Waals surface area contributed by atoms with Crippen LogP contribution in [0.2, 0.25) is 0 Å². The molecule has 8 heteroatoms. The third kappa shape index (κ3) is 5.59. The predicted molar refractivity (Wildman–Crippen MR) is 99.6 cm³/mol. The van der Waals surface area contributed by atoms with Crippen LogP contribution < -0.4 is 31.0 Å². The standard InChI is InChI=1S/C18H22N4O4/c1-24-15-7-6-13(9-16(15)25-2)22-18(20)21-10-12-4-3-5-14(8-12)26-11-17(19)23/h3-9H,10-11H2,1-2H3,(H2,19,23)(H3,20,21,22). The van der Waals surface area contributed by atoms with E-state index in [1.54, 1.807) is 44.6 Å². The molecule has 0 bridgehead atoms. The minimum Gasteiger partial charge on any atom is -0.493 e. The van der Waals surface area contributed by atoms with Gasteiger partial charge in [0.25, 0.3) is 5.91 Å². The first kappa shape index (κ1) is 18.9. The maximum atomic E-state index is 10.8. The first-order chi connectivity index (χ1) is 12.5. The van der Waals surface area contributed by atoms with Crippen molar-refractivity contribution in [2.75, 3.05) is 26.1 Å². The molecule has 26 heavy (non-hydrogen) atoms. The predicted octanol–water partition coefficient (Wildman–Crippen LogP) is 1.49. The zero-order valence-electron chi connectivity index (χ0n) is 14.7. The van der Waals surface area contributed by atoms with Crippen LogP contribution in [-0.2, 0) is 11.3 Å². The maximum absolute atomic E-state index is 10.8. The fourth-order valence-corrected chi connectivity index (χ4v) is 2.17. The van der Waals surface area contributed by atoms with Gasteiger partial charge in [-0.05, 0) is 29.8 Å². The van der Waals surface area contributed by atoms with Crippen molar-refractivity contribution >= 4 is 17.6 Å². The molecule has 5 N–H and O–H groups in total. The Balaban J connectivity index is 2.00. The zero-order valence-corrected chi connectivity index (χ0v) is 14.7. The lowest BCUT2D eigenvalue weighted by Gasteiger charge is -2.11. The van der Waals surface area contributed by atoms with Gasteiger partial charge in [-0.2, -0.15) is 0 Å². The van der Waals surface area contributed by atoms with E-state index in [0.717, 1.165) is 11.3 Å². The van der Waals surface area contributed by atoms with Gasteiger partial charge < -0.3 is 31.0 Å². The highest BCUT2D eigenvalue weighted by atomic mass is 16.5. The van der Waals surface area contributed by atoms with Crippen molar-refractivity contribution in [3.05, 3.63) is 48.0 Å². The number of nitrogens with one attached hydrogen (secondary N) is 1. The topological polar surface area (TPSA) is 121 Å². The van der Waals surface area contributed by atoms with Crippen LogP contribution >= 0.6 is 0 Å². The largest absolute Gasteiger partial charge is 0.493 e. The molecule has 1 amide bonds. The zero-order chi connectivity index (χ0) is 18.9. The summed E-state index contributed by atoms with van der Waals surface area (Å²) in [7, 11) is 3.13. The molecular weight excluding hydrogens is 336 g/mol. The normalized spacial score (nSPS) is 10.9. The second-order valence-electron chi connectivity index (χ2n) is 5.30. The molecule has 0 unspecified atom stereocenters. The summed E-state index contributed by atoms with van der Waals surface area (Å²) in [4.78, 5) is 15.1. The van der Waals surface area contributed by atoms with Crippen LogP contribution in [0.15, 0.2) is 47.5 Å². The molecule has 0 radical (unpaired) electrons. The molecule has 0 aromatic heterocycles. The average Bonchev–Trinajstić information content (AvgIpc) is 2.65. The van der Waals surface area contributed by atoms with Crippen LogP contribution in [0.5, 0.6) is 17.2 Å². The third-order valence-corrected chi connectivity index (χ3v) is 3.37. The van der Waals surface area contributed by atoms with Gasteiger partial charge >= 0.3 is 0 Å². The smallest absolute Gasteiger partial charge is 0.255 e. The molecule has 8 nitrogen and oxygen atoms in total. The number of nitrogens with two attached hydrogens (primary N) is 2. The third-order valence-electron chi connectivity index (χ3n) is 3.37. The minimum atomic E-state index is -0.531. The van der Waals surface area contributed by atoms with E-state index < -0.39 is 5.91 Å². The van der Waals surface area contributed by atoms with Crippen molar-refractivity contribution in [3.63, 3.8) is 0 Å². The molecule has 2 aromatic carbocycles. The number of ether oxygens (including phenoxy) is 3. The van der Waals surface area contributed by atoms with Crippen molar-refractivity contribution in [2.24, 2.45) is 16.5 Å². The van der Waals surface area contributed by atoms with E-state index in [0.29, 0.717) is 23.8 Å². The Bertz CT molecular complexity index is 793. The summed E-state index contributed by atoms with van der Waals surface area (Å²) in [5.41, 5.74) is 12.6. The van der Waals surface area contributed by atoms with Gasteiger partial charge in [-0.1, -0.05) is 12.1 Å². The first-order valence-electron chi connectivity index (χ1n) is 7.81. The lowest BCUT2D eigenvalue weighted by molar-refractivity contribution is -0.119. The van der Waals surface area contributed by atoms with E-state index in [9.17, 15) is 4.79 Å². The fourth-order valence-electron chi connectivity index (χ4n) is 2.17. The van der Waals surface area contributed by atoms with Crippen LogP contribution in [0, 0.1) is 0 Å². The molecule has 0 spiro atoms. The Morgan fingerprint density at radius 3 is 2.54 bits per heavy atom. The highest BCUT2D eigenvalue weighted by Gasteiger charge is 2.05. The van der Waals surface area contributed by atoms with Crippen molar-refractivity contribution in [2.45, 2.75) is 6.54 Å². The second kappa shape index (κ2) is 9.16. The maximum Gasteiger partial charge on any atom is 0.255 e. The number of guanidine groups is 1. The first-order valence-corrected chi connectivity index (χ1v) is 7.81. The summed E-state index contributed by atoms with van der Waals surface area (Å²) in [6, 6.07) is 12.5. The van der Waals surface area contributed by atoms with Crippen LogP contribution in [0.3, 0.4) is 0 Å². The molecule has 0 aliphatic carbocycles. The quantitative estimate of drug-likeness (QED) is 0.486. The molecule has 138 valence electrons. The van der Waals surface area contributed by atoms with Gasteiger partial charge in [-0.15, -0.1) is 0 Å². The van der Waals surface area contributed by atoms with E-state index >= 15 is 0 Å². The number of amides is 1.